The average molecular weight is 317 g/mol. The molecule has 108 valence electrons. The molecule has 2 rings (SSSR count). The number of nitriles is 1. The van der Waals surface area contributed by atoms with Crippen LogP contribution in [-0.2, 0) is 12.3 Å². The molecule has 0 radical (unpaired) electrons. The van der Waals surface area contributed by atoms with Crippen molar-refractivity contribution in [2.75, 3.05) is 6.54 Å². The normalized spacial score (nSPS) is 10.3. The van der Waals surface area contributed by atoms with Crippen LogP contribution in [0.3, 0.4) is 0 Å². The zero-order valence-corrected chi connectivity index (χ0v) is 13.5. The fourth-order valence-electron chi connectivity index (χ4n) is 1.94. The van der Waals surface area contributed by atoms with Crippen LogP contribution in [0.2, 0.25) is 5.02 Å². The molecule has 0 atom stereocenters. The van der Waals surface area contributed by atoms with Gasteiger partial charge in [-0.05, 0) is 35.9 Å². The summed E-state index contributed by atoms with van der Waals surface area (Å²) in [5.74, 6) is 0.765. The van der Waals surface area contributed by atoms with Crippen molar-refractivity contribution < 1.29 is 0 Å². The molecular weight excluding hydrogens is 300 g/mol. The third-order valence-corrected chi connectivity index (χ3v) is 4.58. The third-order valence-electron chi connectivity index (χ3n) is 3.08. The fourth-order valence-corrected chi connectivity index (χ4v) is 3.21. The summed E-state index contributed by atoms with van der Waals surface area (Å²) in [6.07, 6.45) is 0. The lowest BCUT2D eigenvalue weighted by atomic mass is 10.1. The molecule has 0 aliphatic carbocycles. The molecule has 2 aromatic rings. The van der Waals surface area contributed by atoms with Gasteiger partial charge in [-0.25, -0.2) is 0 Å². The van der Waals surface area contributed by atoms with Gasteiger partial charge in [-0.1, -0.05) is 42.8 Å². The minimum Gasteiger partial charge on any atom is -0.313 e. The Morgan fingerprint density at radius 1 is 1.24 bits per heavy atom. The predicted octanol–water partition coefficient (Wildman–Crippen LogP) is 4.61. The number of hydrogen-bond donors (Lipinski definition) is 1. The minimum absolute atomic E-state index is 0.724. The molecule has 21 heavy (non-hydrogen) atoms. The van der Waals surface area contributed by atoms with E-state index in [2.05, 4.69) is 24.4 Å². The topological polar surface area (TPSA) is 35.8 Å². The van der Waals surface area contributed by atoms with Gasteiger partial charge < -0.3 is 5.32 Å². The lowest BCUT2D eigenvalue weighted by Gasteiger charge is -2.08. The van der Waals surface area contributed by atoms with Crippen LogP contribution < -0.4 is 5.32 Å². The molecule has 1 N–H and O–H groups in total. The van der Waals surface area contributed by atoms with E-state index in [0.29, 0.717) is 0 Å². The number of rotatable bonds is 6. The molecule has 2 nitrogen and oxygen atoms in total. The van der Waals surface area contributed by atoms with Gasteiger partial charge in [0.25, 0.3) is 0 Å². The SMILES string of the molecule is CCNCc1ccc(SCc2ccccc2Cl)c(C#N)c1. The smallest absolute Gasteiger partial charge is 0.100 e. The van der Waals surface area contributed by atoms with Gasteiger partial charge in [0.15, 0.2) is 0 Å². The Bertz CT molecular complexity index is 649. The Hall–Kier alpha value is -1.47. The van der Waals surface area contributed by atoms with Gasteiger partial charge in [0.2, 0.25) is 0 Å². The molecule has 0 heterocycles. The summed E-state index contributed by atoms with van der Waals surface area (Å²) >= 11 is 7.80. The van der Waals surface area contributed by atoms with E-state index in [4.69, 9.17) is 11.6 Å². The lowest BCUT2D eigenvalue weighted by molar-refractivity contribution is 0.726. The van der Waals surface area contributed by atoms with Crippen molar-refractivity contribution >= 4 is 23.4 Å². The van der Waals surface area contributed by atoms with Crippen LogP contribution in [-0.4, -0.2) is 6.54 Å². The van der Waals surface area contributed by atoms with Gasteiger partial charge in [0.1, 0.15) is 6.07 Å². The quantitative estimate of drug-likeness (QED) is 0.790. The van der Waals surface area contributed by atoms with Crippen molar-refractivity contribution in [2.24, 2.45) is 0 Å². The Kier molecular flexibility index (Phi) is 6.13. The van der Waals surface area contributed by atoms with E-state index in [1.807, 2.05) is 36.4 Å². The monoisotopic (exact) mass is 316 g/mol. The predicted molar refractivity (Wildman–Crippen MR) is 89.6 cm³/mol. The summed E-state index contributed by atoms with van der Waals surface area (Å²) in [6.45, 7) is 3.78. The highest BCUT2D eigenvalue weighted by Gasteiger charge is 2.06. The second kappa shape index (κ2) is 8.09. The molecule has 0 saturated heterocycles. The van der Waals surface area contributed by atoms with Crippen molar-refractivity contribution in [3.8, 4) is 6.07 Å². The molecule has 0 spiro atoms. The largest absolute Gasteiger partial charge is 0.313 e. The van der Waals surface area contributed by atoms with E-state index in [1.54, 1.807) is 11.8 Å². The summed E-state index contributed by atoms with van der Waals surface area (Å²) in [5, 5.41) is 13.3. The van der Waals surface area contributed by atoms with Crippen molar-refractivity contribution in [3.05, 3.63) is 64.2 Å². The second-order valence-electron chi connectivity index (χ2n) is 4.60. The van der Waals surface area contributed by atoms with Crippen LogP contribution >= 0.6 is 23.4 Å². The standard InChI is InChI=1S/C17H17ClN2S/c1-2-20-11-13-7-8-17(15(9-13)10-19)21-12-14-5-3-4-6-16(14)18/h3-9,20H,2,11-12H2,1H3. The fraction of sp³-hybridized carbons (Fsp3) is 0.235. The molecule has 4 heteroatoms. The highest BCUT2D eigenvalue weighted by molar-refractivity contribution is 7.98. The molecule has 2 aromatic carbocycles. The molecule has 0 unspecified atom stereocenters. The average Bonchev–Trinajstić information content (AvgIpc) is 2.52. The number of nitrogens with zero attached hydrogens (tertiary/aromatic N) is 1. The summed E-state index contributed by atoms with van der Waals surface area (Å²) < 4.78 is 0. The molecule has 0 saturated carbocycles. The van der Waals surface area contributed by atoms with Gasteiger partial charge in [-0.15, -0.1) is 11.8 Å². The highest BCUT2D eigenvalue weighted by atomic mass is 35.5. The number of nitrogens with one attached hydrogen (secondary N) is 1. The van der Waals surface area contributed by atoms with Crippen LogP contribution in [0.4, 0.5) is 0 Å². The molecular formula is C17H17ClN2S. The Morgan fingerprint density at radius 2 is 2.05 bits per heavy atom. The van der Waals surface area contributed by atoms with E-state index < -0.39 is 0 Å². The summed E-state index contributed by atoms with van der Waals surface area (Å²) in [7, 11) is 0. The van der Waals surface area contributed by atoms with E-state index in [0.717, 1.165) is 45.5 Å². The maximum Gasteiger partial charge on any atom is 0.100 e. The summed E-state index contributed by atoms with van der Waals surface area (Å²) in [5.41, 5.74) is 2.95. The molecule has 0 aromatic heterocycles. The van der Waals surface area contributed by atoms with Crippen LogP contribution in [0.1, 0.15) is 23.6 Å². The Morgan fingerprint density at radius 3 is 2.76 bits per heavy atom. The molecule has 0 aliphatic heterocycles. The van der Waals surface area contributed by atoms with Gasteiger partial charge in [-0.2, -0.15) is 5.26 Å². The summed E-state index contributed by atoms with van der Waals surface area (Å²) in [6, 6.07) is 16.1. The van der Waals surface area contributed by atoms with E-state index in [-0.39, 0.29) is 0 Å². The van der Waals surface area contributed by atoms with Gasteiger partial charge >= 0.3 is 0 Å². The first-order chi connectivity index (χ1) is 10.2. The zero-order valence-electron chi connectivity index (χ0n) is 11.9. The minimum atomic E-state index is 0.724. The molecule has 0 aliphatic rings. The molecule has 0 fully saturated rings. The third kappa shape index (κ3) is 4.50. The molecule has 0 bridgehead atoms. The van der Waals surface area contributed by atoms with Crippen molar-refractivity contribution in [1.29, 1.82) is 5.26 Å². The number of hydrogen-bond acceptors (Lipinski definition) is 3. The first-order valence-electron chi connectivity index (χ1n) is 6.84. The van der Waals surface area contributed by atoms with E-state index >= 15 is 0 Å². The van der Waals surface area contributed by atoms with Gasteiger partial charge in [0.05, 0.1) is 5.56 Å². The number of thioether (sulfide) groups is 1. The van der Waals surface area contributed by atoms with Gasteiger partial charge in [0, 0.05) is 22.2 Å². The maximum atomic E-state index is 9.31. The van der Waals surface area contributed by atoms with E-state index in [9.17, 15) is 5.26 Å². The highest BCUT2D eigenvalue weighted by Crippen LogP contribution is 2.29. The van der Waals surface area contributed by atoms with Crippen LogP contribution in [0.15, 0.2) is 47.4 Å². The molecule has 0 amide bonds. The van der Waals surface area contributed by atoms with Crippen LogP contribution in [0, 0.1) is 11.3 Å². The van der Waals surface area contributed by atoms with Crippen LogP contribution in [0.5, 0.6) is 0 Å². The van der Waals surface area contributed by atoms with Crippen molar-refractivity contribution in [3.63, 3.8) is 0 Å². The number of benzene rings is 2. The lowest BCUT2D eigenvalue weighted by Crippen LogP contribution is -2.11. The second-order valence-corrected chi connectivity index (χ2v) is 6.03. The zero-order chi connectivity index (χ0) is 15.1. The van der Waals surface area contributed by atoms with Crippen molar-refractivity contribution in [2.45, 2.75) is 24.1 Å². The Balaban J connectivity index is 2.10. The van der Waals surface area contributed by atoms with Gasteiger partial charge in [-0.3, -0.25) is 0 Å². The van der Waals surface area contributed by atoms with E-state index in [1.165, 1.54) is 0 Å². The maximum absolute atomic E-state index is 9.31. The van der Waals surface area contributed by atoms with Crippen LogP contribution in [0.25, 0.3) is 0 Å². The Labute approximate surface area is 135 Å². The first-order valence-corrected chi connectivity index (χ1v) is 8.21. The number of halogens is 1. The van der Waals surface area contributed by atoms with Crippen molar-refractivity contribution in [1.82, 2.24) is 5.32 Å². The first kappa shape index (κ1) is 15.9. The summed E-state index contributed by atoms with van der Waals surface area (Å²) in [4.78, 5) is 0.998.